The first-order chi connectivity index (χ1) is 6.61. The van der Waals surface area contributed by atoms with Crippen LogP contribution < -0.4 is 0 Å². The van der Waals surface area contributed by atoms with Gasteiger partial charge in [-0.05, 0) is 6.08 Å². The van der Waals surface area contributed by atoms with Crippen molar-refractivity contribution >= 4 is 11.8 Å². The molecule has 0 aliphatic rings. The Labute approximate surface area is 80.3 Å². The molecule has 0 bridgehead atoms. The Bertz CT molecular complexity index is 358. The van der Waals surface area contributed by atoms with E-state index in [1.165, 1.54) is 13.2 Å². The molecule has 0 fully saturated rings. The van der Waals surface area contributed by atoms with Crippen LogP contribution in [0.3, 0.4) is 0 Å². The van der Waals surface area contributed by atoms with Crippen LogP contribution in [-0.4, -0.2) is 16.7 Å². The Hall–Kier alpha value is -1.65. The maximum absolute atomic E-state index is 12.5. The molecule has 1 heterocycles. The van der Waals surface area contributed by atoms with E-state index in [1.54, 1.807) is 0 Å². The number of nitrogens with zero attached hydrogens (tertiary/aromatic N) is 2. The van der Waals surface area contributed by atoms with Gasteiger partial charge in [-0.15, -0.1) is 0 Å². The lowest BCUT2D eigenvalue weighted by molar-refractivity contribution is 0.0683. The Morgan fingerprint density at radius 2 is 2.36 bits per heavy atom. The highest BCUT2D eigenvalue weighted by Gasteiger charge is 2.17. The minimum atomic E-state index is -2.67. The number of imidazole rings is 1. The first kappa shape index (κ1) is 10.4. The molecular formula is C9H10F2N2O. The van der Waals surface area contributed by atoms with Crippen LogP contribution in [0.1, 0.15) is 17.9 Å². The zero-order valence-electron chi connectivity index (χ0n) is 7.70. The predicted molar refractivity (Wildman–Crippen MR) is 49.6 cm³/mol. The number of hydrogen-bond donors (Lipinski definition) is 0. The van der Waals surface area contributed by atoms with Gasteiger partial charge in [0, 0.05) is 0 Å². The number of methoxy groups -OCH3 is 1. The van der Waals surface area contributed by atoms with Crippen molar-refractivity contribution in [2.45, 2.75) is 6.55 Å². The quantitative estimate of drug-likeness (QED) is 0.698. The molecule has 0 saturated carbocycles. The van der Waals surface area contributed by atoms with E-state index in [1.807, 2.05) is 0 Å². The molecule has 0 aliphatic heterocycles. The summed E-state index contributed by atoms with van der Waals surface area (Å²) in [5, 5.41) is 0. The van der Waals surface area contributed by atoms with Crippen LogP contribution >= 0.6 is 0 Å². The normalized spacial score (nSPS) is 10.3. The molecule has 1 aromatic rings. The second-order valence-corrected chi connectivity index (χ2v) is 2.49. The van der Waals surface area contributed by atoms with Crippen LogP contribution in [0.15, 0.2) is 19.5 Å². The van der Waals surface area contributed by atoms with Crippen molar-refractivity contribution in [1.29, 1.82) is 0 Å². The molecule has 14 heavy (non-hydrogen) atoms. The molecule has 0 N–H and O–H groups in total. The number of aromatic nitrogens is 2. The molecule has 0 radical (unpaired) electrons. The molecular weight excluding hydrogens is 190 g/mol. The fraction of sp³-hybridized carbons (Fsp3) is 0.222. The summed E-state index contributed by atoms with van der Waals surface area (Å²) in [5.74, 6) is 0.137. The summed E-state index contributed by atoms with van der Waals surface area (Å²) in [7, 11) is 1.36. The van der Waals surface area contributed by atoms with E-state index in [4.69, 9.17) is 4.74 Å². The minimum absolute atomic E-state index is 0.137. The van der Waals surface area contributed by atoms with E-state index in [0.717, 1.165) is 6.33 Å². The van der Waals surface area contributed by atoms with Crippen molar-refractivity contribution in [3.05, 3.63) is 30.9 Å². The highest BCUT2D eigenvalue weighted by molar-refractivity contribution is 5.64. The fourth-order valence-corrected chi connectivity index (χ4v) is 1.06. The zero-order chi connectivity index (χ0) is 10.7. The Morgan fingerprint density at radius 3 is 2.79 bits per heavy atom. The molecule has 0 unspecified atom stereocenters. The molecule has 0 saturated heterocycles. The van der Waals surface area contributed by atoms with Crippen molar-refractivity contribution in [3.63, 3.8) is 0 Å². The highest BCUT2D eigenvalue weighted by atomic mass is 19.3. The van der Waals surface area contributed by atoms with Gasteiger partial charge in [0.25, 0.3) is 0 Å². The maximum Gasteiger partial charge on any atom is 0.320 e. The number of rotatable bonds is 4. The zero-order valence-corrected chi connectivity index (χ0v) is 7.70. The fourth-order valence-electron chi connectivity index (χ4n) is 1.06. The second kappa shape index (κ2) is 4.04. The van der Waals surface area contributed by atoms with Crippen molar-refractivity contribution in [2.75, 3.05) is 7.11 Å². The molecule has 0 atom stereocenters. The summed E-state index contributed by atoms with van der Waals surface area (Å²) in [6.45, 7) is 4.30. The summed E-state index contributed by atoms with van der Waals surface area (Å²) in [6.07, 6.45) is 2.40. The van der Waals surface area contributed by atoms with Crippen LogP contribution in [0, 0.1) is 0 Å². The predicted octanol–water partition coefficient (Wildman–Crippen LogP) is 2.54. The molecule has 0 spiro atoms. The van der Waals surface area contributed by atoms with Gasteiger partial charge < -0.3 is 4.74 Å². The molecule has 0 aromatic carbocycles. The van der Waals surface area contributed by atoms with Gasteiger partial charge in [-0.25, -0.2) is 4.98 Å². The second-order valence-electron chi connectivity index (χ2n) is 2.49. The number of alkyl halides is 2. The molecule has 0 aliphatic carbocycles. The third kappa shape index (κ3) is 1.66. The van der Waals surface area contributed by atoms with Crippen molar-refractivity contribution < 1.29 is 13.5 Å². The van der Waals surface area contributed by atoms with Crippen LogP contribution in [0.4, 0.5) is 8.78 Å². The summed E-state index contributed by atoms with van der Waals surface area (Å²) >= 11 is 0. The van der Waals surface area contributed by atoms with E-state index in [-0.39, 0.29) is 11.5 Å². The molecule has 5 heteroatoms. The molecule has 76 valence electrons. The lowest BCUT2D eigenvalue weighted by atomic mass is 10.3. The Morgan fingerprint density at radius 1 is 1.71 bits per heavy atom. The smallest absolute Gasteiger partial charge is 0.320 e. The lowest BCUT2D eigenvalue weighted by Crippen LogP contribution is -2.03. The summed E-state index contributed by atoms with van der Waals surface area (Å²) in [4.78, 5) is 3.75. The molecule has 1 rings (SSSR count). The highest BCUT2D eigenvalue weighted by Crippen LogP contribution is 2.23. The first-order valence-corrected chi connectivity index (χ1v) is 3.82. The van der Waals surface area contributed by atoms with Gasteiger partial charge in [-0.3, -0.25) is 4.57 Å². The number of ether oxygens (including phenoxy) is 1. The largest absolute Gasteiger partial charge is 0.495 e. The standard InChI is InChI=1S/C9H10F2N2O/c1-4-7-8(6(2)14-3)13(5-12-7)9(10)11/h4-5,9H,1-2H2,3H3. The number of halogens is 2. The average molecular weight is 200 g/mol. The van der Waals surface area contributed by atoms with Gasteiger partial charge in [0.15, 0.2) is 0 Å². The Kier molecular flexibility index (Phi) is 3.01. The summed E-state index contributed by atoms with van der Waals surface area (Å²) in [6, 6.07) is 0. The van der Waals surface area contributed by atoms with Crippen LogP contribution in [0.2, 0.25) is 0 Å². The summed E-state index contributed by atoms with van der Waals surface area (Å²) in [5.41, 5.74) is 0.481. The van der Waals surface area contributed by atoms with Gasteiger partial charge in [-0.1, -0.05) is 13.2 Å². The monoisotopic (exact) mass is 200 g/mol. The van der Waals surface area contributed by atoms with E-state index in [9.17, 15) is 8.78 Å². The number of hydrogen-bond acceptors (Lipinski definition) is 2. The molecule has 0 amide bonds. The van der Waals surface area contributed by atoms with Gasteiger partial charge in [0.2, 0.25) is 0 Å². The van der Waals surface area contributed by atoms with E-state index >= 15 is 0 Å². The minimum Gasteiger partial charge on any atom is -0.495 e. The van der Waals surface area contributed by atoms with Gasteiger partial charge in [0.1, 0.15) is 17.8 Å². The Balaban J connectivity index is 3.26. The van der Waals surface area contributed by atoms with Crippen molar-refractivity contribution in [1.82, 2.24) is 9.55 Å². The van der Waals surface area contributed by atoms with E-state index < -0.39 is 6.55 Å². The lowest BCUT2D eigenvalue weighted by Gasteiger charge is -2.08. The van der Waals surface area contributed by atoms with E-state index in [2.05, 4.69) is 18.1 Å². The topological polar surface area (TPSA) is 27.1 Å². The van der Waals surface area contributed by atoms with E-state index in [0.29, 0.717) is 10.3 Å². The third-order valence-electron chi connectivity index (χ3n) is 1.74. The van der Waals surface area contributed by atoms with Crippen molar-refractivity contribution in [3.8, 4) is 0 Å². The van der Waals surface area contributed by atoms with Gasteiger partial charge in [-0.2, -0.15) is 8.78 Å². The maximum atomic E-state index is 12.5. The third-order valence-corrected chi connectivity index (χ3v) is 1.74. The van der Waals surface area contributed by atoms with Gasteiger partial charge >= 0.3 is 6.55 Å². The summed E-state index contributed by atoms with van der Waals surface area (Å²) < 4.78 is 30.4. The molecule has 3 nitrogen and oxygen atoms in total. The van der Waals surface area contributed by atoms with Crippen LogP contribution in [0.25, 0.3) is 11.8 Å². The molecule has 1 aromatic heterocycles. The average Bonchev–Trinajstić information content (AvgIpc) is 2.59. The first-order valence-electron chi connectivity index (χ1n) is 3.82. The van der Waals surface area contributed by atoms with Gasteiger partial charge in [0.05, 0.1) is 12.8 Å². The van der Waals surface area contributed by atoms with Crippen LogP contribution in [-0.2, 0) is 4.74 Å². The van der Waals surface area contributed by atoms with Crippen LogP contribution in [0.5, 0.6) is 0 Å². The van der Waals surface area contributed by atoms with Crippen molar-refractivity contribution in [2.24, 2.45) is 0 Å². The SMILES string of the molecule is C=Cc1ncn(C(F)F)c1C(=C)OC.